The minimum atomic E-state index is -0.704. The Bertz CT molecular complexity index is 1720. The van der Waals surface area contributed by atoms with Crippen molar-refractivity contribution in [3.8, 4) is 17.1 Å². The Morgan fingerprint density at radius 3 is 2.61 bits per heavy atom. The molecular formula is C34H37BrN4O5. The molecule has 3 aromatic carbocycles. The molecule has 1 unspecified atom stereocenters. The van der Waals surface area contributed by atoms with E-state index in [1.54, 1.807) is 31.9 Å². The third-order valence-corrected chi connectivity index (χ3v) is 8.21. The lowest BCUT2D eigenvalue weighted by Crippen LogP contribution is -2.49. The molecule has 1 aliphatic rings. The van der Waals surface area contributed by atoms with Gasteiger partial charge in [-0.15, -0.1) is 0 Å². The second kappa shape index (κ2) is 12.8. The van der Waals surface area contributed by atoms with Gasteiger partial charge in [-0.3, -0.25) is 14.4 Å². The van der Waals surface area contributed by atoms with E-state index in [0.29, 0.717) is 46.7 Å². The molecule has 0 spiro atoms. The highest BCUT2D eigenvalue weighted by molar-refractivity contribution is 9.10. The number of halogens is 1. The number of methoxy groups -OCH3 is 1. The molecule has 0 saturated carbocycles. The molecule has 2 heterocycles. The van der Waals surface area contributed by atoms with Crippen molar-refractivity contribution >= 4 is 50.1 Å². The summed E-state index contributed by atoms with van der Waals surface area (Å²) in [6, 6.07) is 18.2. The van der Waals surface area contributed by atoms with Crippen molar-refractivity contribution in [1.29, 1.82) is 0 Å². The van der Waals surface area contributed by atoms with E-state index in [0.717, 1.165) is 27.6 Å². The van der Waals surface area contributed by atoms with Crippen LogP contribution in [0.25, 0.3) is 22.1 Å². The van der Waals surface area contributed by atoms with Gasteiger partial charge in [-0.2, -0.15) is 0 Å². The fourth-order valence-corrected chi connectivity index (χ4v) is 6.10. The van der Waals surface area contributed by atoms with E-state index < -0.39 is 11.6 Å². The van der Waals surface area contributed by atoms with E-state index in [1.165, 1.54) is 0 Å². The Morgan fingerprint density at radius 2 is 1.89 bits per heavy atom. The zero-order chi connectivity index (χ0) is 31.6. The molecule has 10 heteroatoms. The van der Waals surface area contributed by atoms with Crippen molar-refractivity contribution in [1.82, 2.24) is 10.6 Å². The summed E-state index contributed by atoms with van der Waals surface area (Å²) in [5, 5.41) is 7.44. The lowest BCUT2D eigenvalue weighted by atomic mass is 10.0. The third kappa shape index (κ3) is 6.66. The number of fused-ring (bicyclic) bond motifs is 2. The SMILES string of the molecule is CCNC(=O)c1ccccc1-c1oc(Br)c2cc(CN3C(=O)C(NC(=O)CC(C)(C)N)CCc4cc(OC)ccc43)ccc12. The van der Waals surface area contributed by atoms with Crippen LogP contribution in [-0.4, -0.2) is 43.0 Å². The molecule has 1 aliphatic heterocycles. The number of benzene rings is 3. The number of nitrogens with zero attached hydrogens (tertiary/aromatic N) is 1. The van der Waals surface area contributed by atoms with Crippen LogP contribution in [0.2, 0.25) is 0 Å². The first-order valence-corrected chi connectivity index (χ1v) is 15.4. The molecule has 44 heavy (non-hydrogen) atoms. The number of aryl methyl sites for hydroxylation is 1. The van der Waals surface area contributed by atoms with Gasteiger partial charge in [-0.25, -0.2) is 0 Å². The van der Waals surface area contributed by atoms with E-state index in [4.69, 9.17) is 14.9 Å². The third-order valence-electron chi connectivity index (χ3n) is 7.62. The molecule has 4 aromatic rings. The van der Waals surface area contributed by atoms with Gasteiger partial charge in [0, 0.05) is 40.5 Å². The number of amides is 3. The van der Waals surface area contributed by atoms with E-state index in [-0.39, 0.29) is 30.7 Å². The minimum Gasteiger partial charge on any atom is -0.497 e. The van der Waals surface area contributed by atoms with E-state index in [9.17, 15) is 14.4 Å². The number of nitrogens with two attached hydrogens (primary N) is 1. The summed E-state index contributed by atoms with van der Waals surface area (Å²) < 4.78 is 12.2. The van der Waals surface area contributed by atoms with E-state index in [2.05, 4.69) is 26.6 Å². The van der Waals surface area contributed by atoms with Crippen molar-refractivity contribution in [3.63, 3.8) is 0 Å². The van der Waals surface area contributed by atoms with Gasteiger partial charge in [-0.05, 0) is 91.0 Å². The summed E-state index contributed by atoms with van der Waals surface area (Å²) in [6.07, 6.45) is 1.15. The Balaban J connectivity index is 1.50. The zero-order valence-electron chi connectivity index (χ0n) is 25.3. The molecule has 1 aromatic heterocycles. The number of carbonyl (C=O) groups excluding carboxylic acids is 3. The molecule has 4 N–H and O–H groups in total. The molecule has 5 rings (SSSR count). The lowest BCUT2D eigenvalue weighted by Gasteiger charge is -2.27. The molecule has 0 aliphatic carbocycles. The second-order valence-corrected chi connectivity index (χ2v) is 12.5. The Hall–Kier alpha value is -4.15. The van der Waals surface area contributed by atoms with Gasteiger partial charge in [-0.1, -0.05) is 30.3 Å². The average molecular weight is 662 g/mol. The van der Waals surface area contributed by atoms with E-state index in [1.807, 2.05) is 61.5 Å². The van der Waals surface area contributed by atoms with Crippen LogP contribution in [-0.2, 0) is 22.6 Å². The van der Waals surface area contributed by atoms with Gasteiger partial charge in [0.2, 0.25) is 11.8 Å². The fraction of sp³-hybridized carbons (Fsp3) is 0.324. The van der Waals surface area contributed by atoms with Crippen molar-refractivity contribution in [2.75, 3.05) is 18.6 Å². The number of carbonyl (C=O) groups is 3. The van der Waals surface area contributed by atoms with Crippen molar-refractivity contribution in [3.05, 3.63) is 82.0 Å². The summed E-state index contributed by atoms with van der Waals surface area (Å²) in [5.41, 5.74) is 9.19. The smallest absolute Gasteiger partial charge is 0.252 e. The van der Waals surface area contributed by atoms with Crippen LogP contribution in [0.15, 0.2) is 69.8 Å². The molecular weight excluding hydrogens is 624 g/mol. The molecule has 1 atom stereocenters. The van der Waals surface area contributed by atoms with Crippen LogP contribution in [0.5, 0.6) is 5.75 Å². The highest BCUT2D eigenvalue weighted by Gasteiger charge is 2.33. The van der Waals surface area contributed by atoms with Crippen LogP contribution in [0, 0.1) is 0 Å². The van der Waals surface area contributed by atoms with Gasteiger partial charge in [0.15, 0.2) is 4.67 Å². The first-order valence-electron chi connectivity index (χ1n) is 14.6. The number of ether oxygens (including phenoxy) is 1. The fourth-order valence-electron chi connectivity index (χ4n) is 5.61. The standard InChI is InChI=1S/C34H37BrN4O5/c1-5-37-32(41)25-9-7-6-8-23(25)30-24-13-10-20(16-26(24)31(35)44-30)19-39-28-15-12-22(43-4)17-21(28)11-14-27(33(39)42)38-29(40)18-34(2,3)36/h6-10,12-13,15-17,27H,5,11,14,18-19,36H2,1-4H3,(H,37,41)(H,38,40). The first kappa shape index (κ1) is 31.3. The highest BCUT2D eigenvalue weighted by atomic mass is 79.9. The summed E-state index contributed by atoms with van der Waals surface area (Å²) >= 11 is 3.57. The molecule has 0 saturated heterocycles. The summed E-state index contributed by atoms with van der Waals surface area (Å²) in [6.45, 7) is 6.22. The number of rotatable bonds is 9. The molecule has 0 fully saturated rings. The normalized spacial score (nSPS) is 15.1. The summed E-state index contributed by atoms with van der Waals surface area (Å²) in [4.78, 5) is 41.3. The maximum absolute atomic E-state index is 14.0. The van der Waals surface area contributed by atoms with Crippen LogP contribution in [0.1, 0.15) is 55.1 Å². The lowest BCUT2D eigenvalue weighted by molar-refractivity contribution is -0.128. The van der Waals surface area contributed by atoms with Crippen LogP contribution >= 0.6 is 15.9 Å². The molecule has 0 bridgehead atoms. The van der Waals surface area contributed by atoms with Gasteiger partial charge < -0.3 is 30.4 Å². The van der Waals surface area contributed by atoms with Crippen molar-refractivity contribution in [2.45, 2.75) is 58.2 Å². The van der Waals surface area contributed by atoms with Gasteiger partial charge in [0.1, 0.15) is 17.6 Å². The molecule has 9 nitrogen and oxygen atoms in total. The largest absolute Gasteiger partial charge is 0.497 e. The van der Waals surface area contributed by atoms with Gasteiger partial charge in [0.25, 0.3) is 5.91 Å². The van der Waals surface area contributed by atoms with Crippen LogP contribution in [0.3, 0.4) is 0 Å². The Morgan fingerprint density at radius 1 is 1.11 bits per heavy atom. The number of anilines is 1. The van der Waals surface area contributed by atoms with Crippen LogP contribution in [0.4, 0.5) is 5.69 Å². The number of furan rings is 1. The average Bonchev–Trinajstić information content (AvgIpc) is 3.25. The predicted octanol–water partition coefficient (Wildman–Crippen LogP) is 5.71. The number of hydrogen-bond acceptors (Lipinski definition) is 6. The zero-order valence-corrected chi connectivity index (χ0v) is 26.9. The second-order valence-electron chi connectivity index (χ2n) is 11.7. The predicted molar refractivity (Wildman–Crippen MR) is 175 cm³/mol. The maximum atomic E-state index is 14.0. The van der Waals surface area contributed by atoms with E-state index >= 15 is 0 Å². The Labute approximate surface area is 265 Å². The number of hydrogen-bond donors (Lipinski definition) is 3. The van der Waals surface area contributed by atoms with Crippen molar-refractivity contribution < 1.29 is 23.5 Å². The van der Waals surface area contributed by atoms with Gasteiger partial charge in [0.05, 0.1) is 19.2 Å². The quantitative estimate of drug-likeness (QED) is 0.211. The summed E-state index contributed by atoms with van der Waals surface area (Å²) in [5.74, 6) is 0.650. The Kier molecular flexibility index (Phi) is 9.12. The first-order chi connectivity index (χ1) is 21.0. The van der Waals surface area contributed by atoms with Gasteiger partial charge >= 0.3 is 0 Å². The van der Waals surface area contributed by atoms with Crippen LogP contribution < -0.4 is 26.0 Å². The topological polar surface area (TPSA) is 127 Å². The van der Waals surface area contributed by atoms with Crippen molar-refractivity contribution in [2.24, 2.45) is 5.73 Å². The monoisotopic (exact) mass is 660 g/mol. The summed E-state index contributed by atoms with van der Waals surface area (Å²) in [7, 11) is 1.61. The molecule has 0 radical (unpaired) electrons. The minimum absolute atomic E-state index is 0.105. The highest BCUT2D eigenvalue weighted by Crippen LogP contribution is 2.39. The molecule has 230 valence electrons. The number of nitrogens with one attached hydrogen (secondary N) is 2. The maximum Gasteiger partial charge on any atom is 0.252 e. The molecule has 3 amide bonds.